The van der Waals surface area contributed by atoms with E-state index in [0.717, 1.165) is 0 Å². The highest BCUT2D eigenvalue weighted by molar-refractivity contribution is 7.92. The molecule has 23 heavy (non-hydrogen) atoms. The Morgan fingerprint density at radius 1 is 1.13 bits per heavy atom. The van der Waals surface area contributed by atoms with E-state index in [4.69, 9.17) is 4.74 Å². The molecule has 0 spiro atoms. The molecule has 0 bridgehead atoms. The monoisotopic (exact) mass is 334 g/mol. The van der Waals surface area contributed by atoms with Crippen molar-refractivity contribution in [3.8, 4) is 5.75 Å². The quantitative estimate of drug-likeness (QED) is 0.719. The third-order valence-electron chi connectivity index (χ3n) is 2.78. The van der Waals surface area contributed by atoms with Crippen LogP contribution in [0.1, 0.15) is 6.92 Å². The second-order valence-corrected chi connectivity index (χ2v) is 6.17. The number of nitrogens with zero attached hydrogens (tertiary/aromatic N) is 2. The van der Waals surface area contributed by atoms with E-state index in [2.05, 4.69) is 26.8 Å². The minimum atomic E-state index is -3.72. The first-order valence-corrected chi connectivity index (χ1v) is 8.47. The van der Waals surface area contributed by atoms with Crippen LogP contribution in [0.25, 0.3) is 0 Å². The van der Waals surface area contributed by atoms with Crippen LogP contribution < -0.4 is 14.8 Å². The van der Waals surface area contributed by atoms with E-state index in [1.807, 2.05) is 6.92 Å². The van der Waals surface area contributed by atoms with Gasteiger partial charge in [-0.3, -0.25) is 4.72 Å². The van der Waals surface area contributed by atoms with E-state index in [1.165, 1.54) is 18.2 Å². The molecule has 2 N–H and O–H groups in total. The van der Waals surface area contributed by atoms with Crippen molar-refractivity contribution >= 4 is 21.7 Å². The zero-order valence-corrected chi connectivity index (χ0v) is 13.5. The lowest BCUT2D eigenvalue weighted by Gasteiger charge is -2.08. The summed E-state index contributed by atoms with van der Waals surface area (Å²) in [6.45, 7) is 6.51. The van der Waals surface area contributed by atoms with Gasteiger partial charge in [-0.1, -0.05) is 6.08 Å². The van der Waals surface area contributed by atoms with E-state index in [1.54, 1.807) is 24.3 Å². The van der Waals surface area contributed by atoms with Crippen molar-refractivity contribution < 1.29 is 13.2 Å². The number of ether oxygens (including phenoxy) is 1. The maximum absolute atomic E-state index is 12.3. The second kappa shape index (κ2) is 7.59. The van der Waals surface area contributed by atoms with Crippen LogP contribution in [0.4, 0.5) is 11.6 Å². The van der Waals surface area contributed by atoms with E-state index < -0.39 is 10.0 Å². The highest BCUT2D eigenvalue weighted by atomic mass is 32.2. The normalized spacial score (nSPS) is 10.8. The zero-order chi connectivity index (χ0) is 16.7. The van der Waals surface area contributed by atoms with Gasteiger partial charge in [-0.05, 0) is 43.3 Å². The lowest BCUT2D eigenvalue weighted by molar-refractivity contribution is 0.340. The van der Waals surface area contributed by atoms with Crippen molar-refractivity contribution in [2.45, 2.75) is 11.8 Å². The van der Waals surface area contributed by atoms with Crippen molar-refractivity contribution in [1.29, 1.82) is 0 Å². The molecule has 0 saturated heterocycles. The molecular weight excluding hydrogens is 316 g/mol. The van der Waals surface area contributed by atoms with Crippen LogP contribution in [0.2, 0.25) is 0 Å². The number of rotatable bonds is 8. The fourth-order valence-electron chi connectivity index (χ4n) is 1.74. The average molecular weight is 334 g/mol. The molecule has 0 saturated carbocycles. The molecule has 0 aliphatic rings. The van der Waals surface area contributed by atoms with Crippen LogP contribution in [-0.4, -0.2) is 31.8 Å². The van der Waals surface area contributed by atoms with Crippen LogP contribution in [-0.2, 0) is 10.0 Å². The molecule has 0 radical (unpaired) electrons. The van der Waals surface area contributed by atoms with Gasteiger partial charge in [0.25, 0.3) is 10.0 Å². The summed E-state index contributed by atoms with van der Waals surface area (Å²) in [5.41, 5.74) is 0. The lowest BCUT2D eigenvalue weighted by Crippen LogP contribution is -2.14. The molecular formula is C15H18N4O3S. The summed E-state index contributed by atoms with van der Waals surface area (Å²) >= 11 is 0. The number of hydrogen-bond donors (Lipinski definition) is 2. The largest absolute Gasteiger partial charge is 0.494 e. The second-order valence-electron chi connectivity index (χ2n) is 4.48. The predicted molar refractivity (Wildman–Crippen MR) is 89.1 cm³/mol. The van der Waals surface area contributed by atoms with Crippen LogP contribution >= 0.6 is 0 Å². The molecule has 0 unspecified atom stereocenters. The van der Waals surface area contributed by atoms with Gasteiger partial charge in [-0.2, -0.15) is 0 Å². The SMILES string of the molecule is C=CCNc1ccc(NS(=O)(=O)c2ccc(OCC)cc2)nn1. The third-order valence-corrected chi connectivity index (χ3v) is 4.15. The topological polar surface area (TPSA) is 93.2 Å². The molecule has 2 aromatic rings. The molecule has 0 aliphatic carbocycles. The summed E-state index contributed by atoms with van der Waals surface area (Å²) in [6.07, 6.45) is 1.68. The molecule has 1 heterocycles. The van der Waals surface area contributed by atoms with Gasteiger partial charge in [0.05, 0.1) is 11.5 Å². The Morgan fingerprint density at radius 3 is 2.35 bits per heavy atom. The fourth-order valence-corrected chi connectivity index (χ4v) is 2.73. The average Bonchev–Trinajstić information content (AvgIpc) is 2.55. The molecule has 1 aromatic carbocycles. The predicted octanol–water partition coefficient (Wildman–Crippen LogP) is 2.27. The molecule has 122 valence electrons. The van der Waals surface area contributed by atoms with Gasteiger partial charge in [0, 0.05) is 6.54 Å². The van der Waals surface area contributed by atoms with Gasteiger partial charge < -0.3 is 10.1 Å². The summed E-state index contributed by atoms with van der Waals surface area (Å²) < 4.78 is 32.2. The summed E-state index contributed by atoms with van der Waals surface area (Å²) in [7, 11) is -3.72. The van der Waals surface area contributed by atoms with Crippen molar-refractivity contribution in [2.75, 3.05) is 23.2 Å². The van der Waals surface area contributed by atoms with Gasteiger partial charge >= 0.3 is 0 Å². The van der Waals surface area contributed by atoms with E-state index in [0.29, 0.717) is 24.7 Å². The smallest absolute Gasteiger partial charge is 0.263 e. The van der Waals surface area contributed by atoms with Gasteiger partial charge in [-0.25, -0.2) is 8.42 Å². The molecule has 1 aromatic heterocycles. The van der Waals surface area contributed by atoms with Gasteiger partial charge in [-0.15, -0.1) is 16.8 Å². The zero-order valence-electron chi connectivity index (χ0n) is 12.7. The number of sulfonamides is 1. The Morgan fingerprint density at radius 2 is 1.78 bits per heavy atom. The summed E-state index contributed by atoms with van der Waals surface area (Å²) in [6, 6.07) is 9.32. The third kappa shape index (κ3) is 4.68. The lowest BCUT2D eigenvalue weighted by atomic mass is 10.3. The van der Waals surface area contributed by atoms with Gasteiger partial charge in [0.15, 0.2) is 5.82 Å². The van der Waals surface area contributed by atoms with Crippen LogP contribution in [0.15, 0.2) is 53.9 Å². The van der Waals surface area contributed by atoms with E-state index in [-0.39, 0.29) is 10.7 Å². The fraction of sp³-hybridized carbons (Fsp3) is 0.200. The first-order chi connectivity index (χ1) is 11.0. The summed E-state index contributed by atoms with van der Waals surface area (Å²) in [4.78, 5) is 0.122. The van der Waals surface area contributed by atoms with Crippen molar-refractivity contribution in [3.05, 3.63) is 49.1 Å². The molecule has 0 atom stereocenters. The molecule has 7 nitrogen and oxygen atoms in total. The highest BCUT2D eigenvalue weighted by Crippen LogP contribution is 2.18. The van der Waals surface area contributed by atoms with Crippen molar-refractivity contribution in [1.82, 2.24) is 10.2 Å². The first kappa shape index (κ1) is 16.8. The van der Waals surface area contributed by atoms with Crippen LogP contribution in [0.5, 0.6) is 5.75 Å². The molecule has 0 amide bonds. The van der Waals surface area contributed by atoms with Crippen LogP contribution in [0.3, 0.4) is 0 Å². The molecule has 2 rings (SSSR count). The Hall–Kier alpha value is -2.61. The Labute approximate surface area is 135 Å². The Balaban J connectivity index is 2.09. The maximum atomic E-state index is 12.3. The Kier molecular flexibility index (Phi) is 5.53. The van der Waals surface area contributed by atoms with Gasteiger partial charge in [0.2, 0.25) is 0 Å². The maximum Gasteiger partial charge on any atom is 0.263 e. The first-order valence-electron chi connectivity index (χ1n) is 6.99. The minimum absolute atomic E-state index is 0.122. The number of anilines is 2. The number of benzene rings is 1. The summed E-state index contributed by atoms with van der Waals surface area (Å²) in [5, 5.41) is 10.7. The Bertz CT molecular complexity index is 743. The minimum Gasteiger partial charge on any atom is -0.494 e. The van der Waals surface area contributed by atoms with Crippen molar-refractivity contribution in [3.63, 3.8) is 0 Å². The molecule has 0 aliphatic heterocycles. The summed E-state index contributed by atoms with van der Waals surface area (Å²) in [5.74, 6) is 1.29. The van der Waals surface area contributed by atoms with Crippen LogP contribution in [0, 0.1) is 0 Å². The van der Waals surface area contributed by atoms with Crippen molar-refractivity contribution in [2.24, 2.45) is 0 Å². The highest BCUT2D eigenvalue weighted by Gasteiger charge is 2.15. The number of nitrogens with one attached hydrogen (secondary N) is 2. The number of aromatic nitrogens is 2. The molecule has 0 fully saturated rings. The number of hydrogen-bond acceptors (Lipinski definition) is 6. The van der Waals surface area contributed by atoms with Gasteiger partial charge in [0.1, 0.15) is 11.6 Å². The standard InChI is InChI=1S/C15H18N4O3S/c1-3-11-16-14-9-10-15(18-17-14)19-23(20,21)13-7-5-12(6-8-13)22-4-2/h3,5-10H,1,4,11H2,2H3,(H,16,17)(H,18,19). The molecule has 8 heteroatoms. The van der Waals surface area contributed by atoms with E-state index in [9.17, 15) is 8.42 Å². The van der Waals surface area contributed by atoms with E-state index >= 15 is 0 Å².